The van der Waals surface area contributed by atoms with Gasteiger partial charge in [0, 0.05) is 63.6 Å². The van der Waals surface area contributed by atoms with Crippen LogP contribution in [0.4, 0.5) is 16.2 Å². The van der Waals surface area contributed by atoms with Crippen LogP contribution in [0.15, 0.2) is 48.5 Å². The van der Waals surface area contributed by atoms with Gasteiger partial charge in [-0.3, -0.25) is 9.59 Å². The Labute approximate surface area is 213 Å². The standard InChI is InChI=1S/C28H37N5O3/c1-3-29-28(36)30-23-13-14-25(24(19-23)27(35)31(2)20-21-9-5-4-6-10-21)32-15-17-33(18-16-32)26(34)22-11-7-8-12-22/h4-6,9-10,13-14,19,22H,3,7-8,11-12,15-18,20H2,1-2H3,(H2,29,30,36). The van der Waals surface area contributed by atoms with E-state index < -0.39 is 0 Å². The van der Waals surface area contributed by atoms with E-state index in [-0.39, 0.29) is 23.8 Å². The molecule has 1 aliphatic heterocycles. The zero-order valence-corrected chi connectivity index (χ0v) is 21.3. The molecular weight excluding hydrogens is 454 g/mol. The first-order chi connectivity index (χ1) is 17.5. The third-order valence-electron chi connectivity index (χ3n) is 7.07. The fraction of sp³-hybridized carbons (Fsp3) is 0.464. The number of piperazine rings is 1. The second-order valence-corrected chi connectivity index (χ2v) is 9.66. The van der Waals surface area contributed by atoms with Crippen molar-refractivity contribution >= 4 is 29.2 Å². The van der Waals surface area contributed by atoms with Gasteiger partial charge in [0.1, 0.15) is 0 Å². The Morgan fingerprint density at radius 2 is 1.67 bits per heavy atom. The Hall–Kier alpha value is -3.55. The van der Waals surface area contributed by atoms with Crippen molar-refractivity contribution in [3.05, 3.63) is 59.7 Å². The van der Waals surface area contributed by atoms with Crippen molar-refractivity contribution in [2.45, 2.75) is 39.2 Å². The van der Waals surface area contributed by atoms with Gasteiger partial charge in [-0.15, -0.1) is 0 Å². The van der Waals surface area contributed by atoms with Gasteiger partial charge >= 0.3 is 6.03 Å². The molecule has 2 N–H and O–H groups in total. The summed E-state index contributed by atoms with van der Waals surface area (Å²) in [6.07, 6.45) is 4.31. The molecular formula is C28H37N5O3. The van der Waals surface area contributed by atoms with E-state index in [1.807, 2.05) is 54.3 Å². The number of hydrogen-bond donors (Lipinski definition) is 2. The van der Waals surface area contributed by atoms with Crippen molar-refractivity contribution in [2.24, 2.45) is 5.92 Å². The Balaban J connectivity index is 1.52. The minimum atomic E-state index is -0.305. The second-order valence-electron chi connectivity index (χ2n) is 9.66. The molecule has 2 fully saturated rings. The molecule has 1 saturated heterocycles. The van der Waals surface area contributed by atoms with Gasteiger partial charge in [0.15, 0.2) is 0 Å². The van der Waals surface area contributed by atoms with Gasteiger partial charge in [0.2, 0.25) is 5.91 Å². The summed E-state index contributed by atoms with van der Waals surface area (Å²) >= 11 is 0. The topological polar surface area (TPSA) is 85.0 Å². The largest absolute Gasteiger partial charge is 0.367 e. The minimum absolute atomic E-state index is 0.113. The van der Waals surface area contributed by atoms with Crippen molar-refractivity contribution in [2.75, 3.05) is 50.0 Å². The summed E-state index contributed by atoms with van der Waals surface area (Å²) in [6.45, 7) is 5.50. The van der Waals surface area contributed by atoms with Crippen LogP contribution >= 0.6 is 0 Å². The molecule has 0 aromatic heterocycles. The lowest BCUT2D eigenvalue weighted by molar-refractivity contribution is -0.135. The molecule has 0 bridgehead atoms. The smallest absolute Gasteiger partial charge is 0.319 e. The number of anilines is 2. The third-order valence-corrected chi connectivity index (χ3v) is 7.07. The van der Waals surface area contributed by atoms with Crippen LogP contribution in [0.3, 0.4) is 0 Å². The van der Waals surface area contributed by atoms with E-state index in [0.29, 0.717) is 50.5 Å². The normalized spacial score (nSPS) is 16.1. The zero-order valence-electron chi connectivity index (χ0n) is 21.3. The van der Waals surface area contributed by atoms with E-state index in [1.54, 1.807) is 18.0 Å². The number of amides is 4. The first-order valence-corrected chi connectivity index (χ1v) is 13.0. The molecule has 192 valence electrons. The van der Waals surface area contributed by atoms with E-state index in [0.717, 1.165) is 36.9 Å². The molecule has 2 aliphatic rings. The first-order valence-electron chi connectivity index (χ1n) is 13.0. The van der Waals surface area contributed by atoms with Crippen LogP contribution in [-0.2, 0) is 11.3 Å². The first kappa shape index (κ1) is 25.5. The van der Waals surface area contributed by atoms with Gasteiger partial charge in [-0.1, -0.05) is 43.2 Å². The van der Waals surface area contributed by atoms with E-state index >= 15 is 0 Å². The van der Waals surface area contributed by atoms with Crippen LogP contribution in [0.5, 0.6) is 0 Å². The van der Waals surface area contributed by atoms with Crippen molar-refractivity contribution in [1.82, 2.24) is 15.1 Å². The fourth-order valence-electron chi connectivity index (χ4n) is 5.13. The van der Waals surface area contributed by atoms with Crippen molar-refractivity contribution in [3.63, 3.8) is 0 Å². The molecule has 8 nitrogen and oxygen atoms in total. The number of benzene rings is 2. The number of nitrogens with one attached hydrogen (secondary N) is 2. The third kappa shape index (κ3) is 6.17. The Kier molecular flexibility index (Phi) is 8.46. The molecule has 0 unspecified atom stereocenters. The summed E-state index contributed by atoms with van der Waals surface area (Å²) in [7, 11) is 1.79. The highest BCUT2D eigenvalue weighted by Gasteiger charge is 2.30. The van der Waals surface area contributed by atoms with Crippen LogP contribution in [-0.4, -0.2) is 67.4 Å². The number of carbonyl (C=O) groups is 3. The number of urea groups is 1. The molecule has 2 aromatic rings. The lowest BCUT2D eigenvalue weighted by atomic mass is 10.1. The summed E-state index contributed by atoms with van der Waals surface area (Å²) in [5.41, 5.74) is 2.98. The average Bonchev–Trinajstić information content (AvgIpc) is 3.44. The van der Waals surface area contributed by atoms with Gasteiger partial charge in [0.05, 0.1) is 5.56 Å². The molecule has 4 amide bonds. The fourth-order valence-corrected chi connectivity index (χ4v) is 5.13. The Morgan fingerprint density at radius 1 is 0.972 bits per heavy atom. The SMILES string of the molecule is CCNC(=O)Nc1ccc(N2CCN(C(=O)C3CCCC3)CC2)c(C(=O)N(C)Cc2ccccc2)c1. The molecule has 1 aliphatic carbocycles. The summed E-state index contributed by atoms with van der Waals surface area (Å²) in [5, 5.41) is 5.54. The highest BCUT2D eigenvalue weighted by Crippen LogP contribution is 2.30. The Morgan fingerprint density at radius 3 is 2.33 bits per heavy atom. The molecule has 36 heavy (non-hydrogen) atoms. The van der Waals surface area contributed by atoms with E-state index in [2.05, 4.69) is 15.5 Å². The van der Waals surface area contributed by atoms with Crippen molar-refractivity contribution < 1.29 is 14.4 Å². The molecule has 1 saturated carbocycles. The Bertz CT molecular complexity index is 1060. The van der Waals surface area contributed by atoms with E-state index in [4.69, 9.17) is 0 Å². The lowest BCUT2D eigenvalue weighted by Gasteiger charge is -2.38. The summed E-state index contributed by atoms with van der Waals surface area (Å²) in [6, 6.07) is 15.1. The summed E-state index contributed by atoms with van der Waals surface area (Å²) < 4.78 is 0. The highest BCUT2D eigenvalue weighted by molar-refractivity contribution is 6.02. The number of rotatable bonds is 7. The lowest BCUT2D eigenvalue weighted by Crippen LogP contribution is -2.50. The van der Waals surface area contributed by atoms with Crippen LogP contribution in [0.1, 0.15) is 48.5 Å². The van der Waals surface area contributed by atoms with Crippen LogP contribution < -0.4 is 15.5 Å². The predicted molar refractivity (Wildman–Crippen MR) is 142 cm³/mol. The number of carbonyl (C=O) groups excluding carboxylic acids is 3. The zero-order chi connectivity index (χ0) is 25.5. The van der Waals surface area contributed by atoms with Crippen LogP contribution in [0.25, 0.3) is 0 Å². The second kappa shape index (κ2) is 11.9. The highest BCUT2D eigenvalue weighted by atomic mass is 16.2. The van der Waals surface area contributed by atoms with E-state index in [1.165, 1.54) is 0 Å². The maximum Gasteiger partial charge on any atom is 0.319 e. The maximum absolute atomic E-state index is 13.6. The molecule has 8 heteroatoms. The van der Waals surface area contributed by atoms with Crippen molar-refractivity contribution in [3.8, 4) is 0 Å². The summed E-state index contributed by atoms with van der Waals surface area (Å²) in [5.74, 6) is 0.352. The monoisotopic (exact) mass is 491 g/mol. The molecule has 1 heterocycles. The molecule has 2 aromatic carbocycles. The number of hydrogen-bond acceptors (Lipinski definition) is 4. The van der Waals surface area contributed by atoms with Gasteiger partial charge < -0.3 is 25.3 Å². The predicted octanol–water partition coefficient (Wildman–Crippen LogP) is 3.94. The quantitative estimate of drug-likeness (QED) is 0.615. The van der Waals surface area contributed by atoms with Crippen LogP contribution in [0, 0.1) is 5.92 Å². The van der Waals surface area contributed by atoms with Gasteiger partial charge in [0.25, 0.3) is 5.91 Å². The van der Waals surface area contributed by atoms with Crippen LogP contribution in [0.2, 0.25) is 0 Å². The number of nitrogens with zero attached hydrogens (tertiary/aromatic N) is 3. The van der Waals surface area contributed by atoms with E-state index in [9.17, 15) is 14.4 Å². The molecule has 0 radical (unpaired) electrons. The summed E-state index contributed by atoms with van der Waals surface area (Å²) in [4.78, 5) is 44.5. The maximum atomic E-state index is 13.6. The van der Waals surface area contributed by atoms with Gasteiger partial charge in [-0.2, -0.15) is 0 Å². The molecule has 0 spiro atoms. The average molecular weight is 492 g/mol. The van der Waals surface area contributed by atoms with Crippen molar-refractivity contribution in [1.29, 1.82) is 0 Å². The van der Waals surface area contributed by atoms with Gasteiger partial charge in [-0.25, -0.2) is 4.79 Å². The molecule has 4 rings (SSSR count). The molecule has 0 atom stereocenters. The van der Waals surface area contributed by atoms with Gasteiger partial charge in [-0.05, 0) is 43.5 Å². The minimum Gasteiger partial charge on any atom is -0.367 e.